The zero-order chi connectivity index (χ0) is 21.1. The standard InChI is InChI=1S/C26H41N3.2BrH.Co/c1-6-21-13-10-14-22(7-2)25(21)27-17-12-19-29(5)20-18-28-26-23(8-3)15-11-16-24(26)9-4;;;/h10-11,13-16,27-28H,6-9,12,17-20H2,1-5H3;2*1H;/q;;;+2/p-2. The zero-order valence-electron chi connectivity index (χ0n) is 20.4. The fourth-order valence-electron chi connectivity index (χ4n) is 3.99. The second-order valence-electron chi connectivity index (χ2n) is 7.83. The number of rotatable bonds is 13. The molecule has 0 bridgehead atoms. The molecule has 0 atom stereocenters. The summed E-state index contributed by atoms with van der Waals surface area (Å²) in [5.74, 6) is 0. The number of likely N-dealkylation sites (N-methyl/N-ethyl adjacent to an activating group) is 1. The van der Waals surface area contributed by atoms with Gasteiger partial charge >= 0.3 is 16.8 Å². The second-order valence-corrected chi connectivity index (χ2v) is 7.83. The Hall–Kier alpha value is -0.534. The van der Waals surface area contributed by atoms with Crippen LogP contribution in [0, 0.1) is 0 Å². The molecular formula is C26H41Br2CoN3. The van der Waals surface area contributed by atoms with Crippen molar-refractivity contribution in [2.45, 2.75) is 59.8 Å². The van der Waals surface area contributed by atoms with Crippen molar-refractivity contribution in [2.75, 3.05) is 43.9 Å². The van der Waals surface area contributed by atoms with Gasteiger partial charge in [-0.3, -0.25) is 0 Å². The summed E-state index contributed by atoms with van der Waals surface area (Å²) < 4.78 is 0. The van der Waals surface area contributed by atoms with Crippen molar-refractivity contribution in [3.8, 4) is 0 Å². The van der Waals surface area contributed by atoms with E-state index >= 15 is 0 Å². The molecule has 0 aliphatic rings. The molecular weight excluding hydrogens is 573 g/mol. The Bertz CT molecular complexity index is 711. The van der Waals surface area contributed by atoms with Crippen LogP contribution in [0.1, 0.15) is 56.4 Å². The van der Waals surface area contributed by atoms with Crippen LogP contribution in [0.4, 0.5) is 11.4 Å². The number of aryl methyl sites for hydroxylation is 4. The Morgan fingerprint density at radius 2 is 1.00 bits per heavy atom. The third kappa shape index (κ3) is 10.2. The molecule has 0 saturated carbocycles. The fourth-order valence-corrected chi connectivity index (χ4v) is 3.99. The maximum Gasteiger partial charge on any atom is 2.00 e. The Morgan fingerprint density at radius 3 is 1.38 bits per heavy atom. The first-order chi connectivity index (χ1) is 14.1. The van der Waals surface area contributed by atoms with E-state index in [1.165, 1.54) is 33.6 Å². The Kier molecular flexibility index (Phi) is 19.8. The summed E-state index contributed by atoms with van der Waals surface area (Å²) in [7, 11) is 2.23. The summed E-state index contributed by atoms with van der Waals surface area (Å²) in [5, 5.41) is 7.41. The van der Waals surface area contributed by atoms with E-state index in [1.807, 2.05) is 0 Å². The van der Waals surface area contributed by atoms with E-state index in [-0.39, 0.29) is 50.7 Å². The summed E-state index contributed by atoms with van der Waals surface area (Å²) in [6, 6.07) is 13.4. The SMILES string of the molecule is CCc1cccc(CC)c1NCCCN(C)CCNc1c(CC)cccc1CC.[Br-].[Br-].[Co+2]. The van der Waals surface area contributed by atoms with Crippen LogP contribution >= 0.6 is 0 Å². The summed E-state index contributed by atoms with van der Waals surface area (Å²) in [6.45, 7) is 13.1. The molecule has 2 aromatic carbocycles. The molecule has 0 fully saturated rings. The van der Waals surface area contributed by atoms with Crippen LogP contribution in [0.25, 0.3) is 0 Å². The van der Waals surface area contributed by atoms with E-state index in [2.05, 4.69) is 86.7 Å². The van der Waals surface area contributed by atoms with E-state index < -0.39 is 0 Å². The smallest absolute Gasteiger partial charge is 1.00 e. The Labute approximate surface area is 228 Å². The molecule has 0 spiro atoms. The van der Waals surface area contributed by atoms with Crippen molar-refractivity contribution in [3.63, 3.8) is 0 Å². The van der Waals surface area contributed by atoms with Crippen molar-refractivity contribution >= 4 is 11.4 Å². The normalized spacial score (nSPS) is 10.1. The number of hydrogen-bond donors (Lipinski definition) is 2. The van der Waals surface area contributed by atoms with Crippen LogP contribution in [0.5, 0.6) is 0 Å². The Balaban J connectivity index is 0. The van der Waals surface area contributed by atoms with Gasteiger partial charge in [0.1, 0.15) is 0 Å². The van der Waals surface area contributed by atoms with Gasteiger partial charge in [0, 0.05) is 31.0 Å². The van der Waals surface area contributed by atoms with E-state index in [1.54, 1.807) is 0 Å². The van der Waals surface area contributed by atoms with Gasteiger partial charge in [-0.25, -0.2) is 0 Å². The molecule has 0 aliphatic carbocycles. The van der Waals surface area contributed by atoms with Gasteiger partial charge in [0.25, 0.3) is 0 Å². The van der Waals surface area contributed by atoms with E-state index in [9.17, 15) is 0 Å². The van der Waals surface area contributed by atoms with Crippen LogP contribution in [0.2, 0.25) is 0 Å². The van der Waals surface area contributed by atoms with Gasteiger partial charge in [-0.2, -0.15) is 0 Å². The fraction of sp³-hybridized carbons (Fsp3) is 0.538. The first kappa shape index (κ1) is 33.6. The number of hydrogen-bond acceptors (Lipinski definition) is 3. The van der Waals surface area contributed by atoms with Gasteiger partial charge in [-0.1, -0.05) is 64.1 Å². The van der Waals surface area contributed by atoms with Crippen molar-refractivity contribution in [1.29, 1.82) is 0 Å². The minimum atomic E-state index is 0. The molecule has 0 saturated heterocycles. The van der Waals surface area contributed by atoms with Crippen LogP contribution in [0.15, 0.2) is 36.4 Å². The first-order valence-corrected chi connectivity index (χ1v) is 11.5. The number of halogens is 2. The molecule has 32 heavy (non-hydrogen) atoms. The molecule has 0 unspecified atom stereocenters. The molecule has 1 radical (unpaired) electrons. The molecule has 183 valence electrons. The van der Waals surface area contributed by atoms with Crippen molar-refractivity contribution in [3.05, 3.63) is 58.7 Å². The largest absolute Gasteiger partial charge is 2.00 e. The number of para-hydroxylation sites is 2. The van der Waals surface area contributed by atoms with Crippen LogP contribution in [-0.4, -0.2) is 38.1 Å². The molecule has 0 aliphatic heterocycles. The monoisotopic (exact) mass is 612 g/mol. The summed E-state index contributed by atoms with van der Waals surface area (Å²) in [6.07, 6.45) is 5.48. The van der Waals surface area contributed by atoms with Crippen molar-refractivity contribution in [2.24, 2.45) is 0 Å². The summed E-state index contributed by atoms with van der Waals surface area (Å²) >= 11 is 0. The predicted molar refractivity (Wildman–Crippen MR) is 129 cm³/mol. The molecule has 2 N–H and O–H groups in total. The van der Waals surface area contributed by atoms with Gasteiger partial charge in [0.15, 0.2) is 0 Å². The average Bonchev–Trinajstić information content (AvgIpc) is 2.76. The van der Waals surface area contributed by atoms with E-state index in [4.69, 9.17) is 0 Å². The number of nitrogens with one attached hydrogen (secondary N) is 2. The van der Waals surface area contributed by atoms with Crippen LogP contribution in [-0.2, 0) is 42.5 Å². The zero-order valence-corrected chi connectivity index (χ0v) is 24.6. The predicted octanol–water partition coefficient (Wildman–Crippen LogP) is -0.212. The molecule has 0 heterocycles. The van der Waals surface area contributed by atoms with Crippen LogP contribution < -0.4 is 44.6 Å². The summed E-state index contributed by atoms with van der Waals surface area (Å²) in [5.41, 5.74) is 8.45. The number of nitrogens with zero attached hydrogens (tertiary/aromatic N) is 1. The Morgan fingerprint density at radius 1 is 0.625 bits per heavy atom. The average molecular weight is 614 g/mol. The topological polar surface area (TPSA) is 27.3 Å². The molecule has 0 aromatic heterocycles. The van der Waals surface area contributed by atoms with E-state index in [0.29, 0.717) is 0 Å². The van der Waals surface area contributed by atoms with Gasteiger partial charge in [-0.05, 0) is 68.0 Å². The van der Waals surface area contributed by atoms with E-state index in [0.717, 1.165) is 58.3 Å². The maximum absolute atomic E-state index is 3.71. The summed E-state index contributed by atoms with van der Waals surface area (Å²) in [4.78, 5) is 2.43. The second kappa shape index (κ2) is 18.8. The molecule has 2 aromatic rings. The molecule has 6 heteroatoms. The third-order valence-electron chi connectivity index (χ3n) is 5.81. The number of benzene rings is 2. The van der Waals surface area contributed by atoms with Crippen LogP contribution in [0.3, 0.4) is 0 Å². The first-order valence-electron chi connectivity index (χ1n) is 11.5. The van der Waals surface area contributed by atoms with Gasteiger partial charge in [-0.15, -0.1) is 0 Å². The van der Waals surface area contributed by atoms with Crippen molar-refractivity contribution < 1.29 is 50.7 Å². The maximum atomic E-state index is 3.71. The number of anilines is 2. The molecule has 2 rings (SSSR count). The molecule has 0 amide bonds. The van der Waals surface area contributed by atoms with Gasteiger partial charge in [0.2, 0.25) is 0 Å². The van der Waals surface area contributed by atoms with Crippen molar-refractivity contribution in [1.82, 2.24) is 4.90 Å². The third-order valence-corrected chi connectivity index (χ3v) is 5.81. The minimum Gasteiger partial charge on any atom is -1.00 e. The molecule has 3 nitrogen and oxygen atoms in total. The minimum absolute atomic E-state index is 0. The van der Waals surface area contributed by atoms with Gasteiger partial charge in [0.05, 0.1) is 0 Å². The quantitative estimate of drug-likeness (QED) is 0.306. The van der Waals surface area contributed by atoms with Gasteiger partial charge < -0.3 is 49.5 Å².